The molecule has 0 N–H and O–H groups in total. The quantitative estimate of drug-likeness (QED) is 0.544. The number of hydrogen-bond acceptors (Lipinski definition) is 4. The van der Waals surface area contributed by atoms with Crippen molar-refractivity contribution in [3.05, 3.63) is 81.3 Å². The number of nitrogens with zero attached hydrogens (tertiary/aromatic N) is 3. The van der Waals surface area contributed by atoms with Gasteiger partial charge in [0.1, 0.15) is 0 Å². The van der Waals surface area contributed by atoms with Gasteiger partial charge in [-0.1, -0.05) is 30.3 Å². The summed E-state index contributed by atoms with van der Waals surface area (Å²) in [6, 6.07) is 17.4. The number of rotatable bonds is 4. The minimum atomic E-state index is -0.446. The van der Waals surface area contributed by atoms with Crippen LogP contribution in [0.25, 0.3) is 22.5 Å². The van der Waals surface area contributed by atoms with Crippen LogP contribution in [0.4, 0.5) is 5.69 Å². The molecule has 6 nitrogen and oxygen atoms in total. The Kier molecular flexibility index (Phi) is 4.20. The van der Waals surface area contributed by atoms with Crippen LogP contribution >= 0.6 is 0 Å². The zero-order valence-corrected chi connectivity index (χ0v) is 13.0. The second-order valence-corrected chi connectivity index (χ2v) is 5.22. The molecule has 0 saturated heterocycles. The third kappa shape index (κ3) is 2.94. The maximum atomic E-state index is 12.4. The fraction of sp³-hybridized carbons (Fsp3) is 0.111. The van der Waals surface area contributed by atoms with Crippen molar-refractivity contribution in [2.45, 2.75) is 13.5 Å². The summed E-state index contributed by atoms with van der Waals surface area (Å²) >= 11 is 0. The van der Waals surface area contributed by atoms with E-state index in [0.717, 1.165) is 11.1 Å². The van der Waals surface area contributed by atoms with Crippen LogP contribution in [0.5, 0.6) is 0 Å². The van der Waals surface area contributed by atoms with Crippen LogP contribution in [-0.2, 0) is 6.54 Å². The minimum Gasteiger partial charge on any atom is -0.292 e. The van der Waals surface area contributed by atoms with Crippen LogP contribution in [0.1, 0.15) is 6.92 Å². The molecule has 0 amide bonds. The van der Waals surface area contributed by atoms with Crippen molar-refractivity contribution in [1.82, 2.24) is 9.55 Å². The van der Waals surface area contributed by atoms with Crippen molar-refractivity contribution in [2.24, 2.45) is 0 Å². The smallest absolute Gasteiger partial charge is 0.292 e. The van der Waals surface area contributed by atoms with Gasteiger partial charge in [-0.2, -0.15) is 4.98 Å². The average Bonchev–Trinajstić information content (AvgIpc) is 2.62. The summed E-state index contributed by atoms with van der Waals surface area (Å²) in [7, 11) is 0. The highest BCUT2D eigenvalue weighted by molar-refractivity contribution is 5.68. The van der Waals surface area contributed by atoms with Gasteiger partial charge in [0.2, 0.25) is 0 Å². The first-order valence-electron chi connectivity index (χ1n) is 7.52. The van der Waals surface area contributed by atoms with E-state index < -0.39 is 4.92 Å². The lowest BCUT2D eigenvalue weighted by molar-refractivity contribution is -0.384. The molecule has 120 valence electrons. The Morgan fingerprint density at radius 2 is 1.71 bits per heavy atom. The van der Waals surface area contributed by atoms with Crippen molar-refractivity contribution in [3.63, 3.8) is 0 Å². The van der Waals surface area contributed by atoms with Gasteiger partial charge in [0.15, 0.2) is 0 Å². The van der Waals surface area contributed by atoms with Crippen LogP contribution in [0.3, 0.4) is 0 Å². The number of non-ortho nitro benzene ring substituents is 1. The normalized spacial score (nSPS) is 10.5. The van der Waals surface area contributed by atoms with Gasteiger partial charge in [0.25, 0.3) is 5.69 Å². The Morgan fingerprint density at radius 1 is 1.04 bits per heavy atom. The summed E-state index contributed by atoms with van der Waals surface area (Å²) in [5.74, 6) is 0. The number of nitro groups is 1. The zero-order valence-electron chi connectivity index (χ0n) is 13.0. The van der Waals surface area contributed by atoms with Crippen molar-refractivity contribution >= 4 is 5.69 Å². The van der Waals surface area contributed by atoms with E-state index in [1.807, 2.05) is 43.3 Å². The molecule has 0 radical (unpaired) electrons. The molecule has 0 aliphatic carbocycles. The molecule has 2 aromatic carbocycles. The molecule has 0 spiro atoms. The number of aromatic nitrogens is 2. The van der Waals surface area contributed by atoms with E-state index in [4.69, 9.17) is 0 Å². The molecule has 24 heavy (non-hydrogen) atoms. The second-order valence-electron chi connectivity index (χ2n) is 5.22. The molecule has 3 aromatic rings. The van der Waals surface area contributed by atoms with Crippen LogP contribution in [0.2, 0.25) is 0 Å². The lowest BCUT2D eigenvalue weighted by Crippen LogP contribution is -2.24. The molecular weight excluding hydrogens is 306 g/mol. The van der Waals surface area contributed by atoms with Gasteiger partial charge in [0.05, 0.1) is 16.3 Å². The van der Waals surface area contributed by atoms with Crippen LogP contribution < -0.4 is 5.69 Å². The Bertz CT molecular complexity index is 932. The maximum Gasteiger partial charge on any atom is 0.348 e. The van der Waals surface area contributed by atoms with Crippen LogP contribution in [0, 0.1) is 10.1 Å². The third-order valence-electron chi connectivity index (χ3n) is 3.77. The van der Waals surface area contributed by atoms with E-state index in [2.05, 4.69) is 4.98 Å². The van der Waals surface area contributed by atoms with Gasteiger partial charge >= 0.3 is 5.69 Å². The van der Waals surface area contributed by atoms with E-state index in [-0.39, 0.29) is 11.4 Å². The Morgan fingerprint density at radius 3 is 2.29 bits per heavy atom. The van der Waals surface area contributed by atoms with Crippen molar-refractivity contribution < 1.29 is 4.92 Å². The van der Waals surface area contributed by atoms with Gasteiger partial charge in [-0.15, -0.1) is 0 Å². The van der Waals surface area contributed by atoms with E-state index in [0.29, 0.717) is 17.9 Å². The molecule has 0 fully saturated rings. The zero-order chi connectivity index (χ0) is 17.1. The summed E-state index contributed by atoms with van der Waals surface area (Å²) in [5.41, 5.74) is 2.53. The Hall–Kier alpha value is -3.28. The van der Waals surface area contributed by atoms with Crippen molar-refractivity contribution in [1.29, 1.82) is 0 Å². The van der Waals surface area contributed by atoms with E-state index >= 15 is 0 Å². The summed E-state index contributed by atoms with van der Waals surface area (Å²) < 4.78 is 1.55. The van der Waals surface area contributed by atoms with Gasteiger partial charge in [-0.3, -0.25) is 14.7 Å². The highest BCUT2D eigenvalue weighted by Crippen LogP contribution is 2.25. The monoisotopic (exact) mass is 321 g/mol. The molecule has 0 aliphatic rings. The standard InChI is InChI=1S/C18H15N3O3/c1-2-20-17(14-8-10-15(11-9-14)21(23)24)12-16(19-18(20)22)13-6-4-3-5-7-13/h3-12H,2H2,1H3. The average molecular weight is 321 g/mol. The molecule has 0 saturated carbocycles. The predicted octanol–water partition coefficient (Wildman–Crippen LogP) is 3.51. The van der Waals surface area contributed by atoms with Crippen molar-refractivity contribution in [2.75, 3.05) is 0 Å². The van der Waals surface area contributed by atoms with Gasteiger partial charge in [0, 0.05) is 24.2 Å². The molecule has 0 bridgehead atoms. The molecule has 0 atom stereocenters. The van der Waals surface area contributed by atoms with E-state index in [1.165, 1.54) is 12.1 Å². The molecule has 0 aliphatic heterocycles. The molecule has 3 rings (SSSR count). The summed E-state index contributed by atoms with van der Waals surface area (Å²) in [5, 5.41) is 10.8. The molecule has 1 aromatic heterocycles. The maximum absolute atomic E-state index is 12.4. The van der Waals surface area contributed by atoms with Crippen molar-refractivity contribution in [3.8, 4) is 22.5 Å². The number of hydrogen-bond donors (Lipinski definition) is 0. The highest BCUT2D eigenvalue weighted by atomic mass is 16.6. The lowest BCUT2D eigenvalue weighted by atomic mass is 10.1. The first-order valence-corrected chi connectivity index (χ1v) is 7.52. The highest BCUT2D eigenvalue weighted by Gasteiger charge is 2.12. The van der Waals surface area contributed by atoms with Crippen LogP contribution in [-0.4, -0.2) is 14.5 Å². The van der Waals surface area contributed by atoms with Gasteiger partial charge < -0.3 is 0 Å². The number of nitro benzene ring substituents is 1. The third-order valence-corrected chi connectivity index (χ3v) is 3.77. The topological polar surface area (TPSA) is 78.0 Å². The fourth-order valence-corrected chi connectivity index (χ4v) is 2.56. The fourth-order valence-electron chi connectivity index (χ4n) is 2.56. The molecular formula is C18H15N3O3. The van der Waals surface area contributed by atoms with Gasteiger partial charge in [-0.25, -0.2) is 4.79 Å². The second kappa shape index (κ2) is 6.45. The largest absolute Gasteiger partial charge is 0.348 e. The molecule has 0 unspecified atom stereocenters. The van der Waals surface area contributed by atoms with Gasteiger partial charge in [-0.05, 0) is 30.7 Å². The first kappa shape index (κ1) is 15.6. The number of benzene rings is 2. The van der Waals surface area contributed by atoms with E-state index in [9.17, 15) is 14.9 Å². The Labute approximate surface area is 138 Å². The first-order chi connectivity index (χ1) is 11.6. The SMILES string of the molecule is CCn1c(-c2ccc([N+](=O)[O-])cc2)cc(-c2ccccc2)nc1=O. The van der Waals surface area contributed by atoms with E-state index in [1.54, 1.807) is 16.7 Å². The molecule has 6 heteroatoms. The Balaban J connectivity index is 2.17. The predicted molar refractivity (Wildman–Crippen MR) is 91.7 cm³/mol. The summed E-state index contributed by atoms with van der Waals surface area (Å²) in [4.78, 5) is 26.9. The molecule has 1 heterocycles. The summed E-state index contributed by atoms with van der Waals surface area (Å²) in [6.45, 7) is 2.33. The van der Waals surface area contributed by atoms with Crippen LogP contribution in [0.15, 0.2) is 65.5 Å². The minimum absolute atomic E-state index is 0.0153. The lowest BCUT2D eigenvalue weighted by Gasteiger charge is -2.12. The summed E-state index contributed by atoms with van der Waals surface area (Å²) in [6.07, 6.45) is 0.